The lowest BCUT2D eigenvalue weighted by molar-refractivity contribution is -0.143. The topological polar surface area (TPSA) is 73.2 Å². The standard InChI is InChI=1S/C10H15N3O3/c1-3-4-8(9(14)16-2)12-10(15)13-6-5-11-7-13/h5-8H,3-4H2,1-2H3,(H,12,15)/t8-/m1/s1. The molecular weight excluding hydrogens is 210 g/mol. The first-order valence-electron chi connectivity index (χ1n) is 5.05. The van der Waals surface area contributed by atoms with Crippen molar-refractivity contribution in [1.82, 2.24) is 14.9 Å². The largest absolute Gasteiger partial charge is 0.467 e. The third-order valence-corrected chi connectivity index (χ3v) is 2.10. The molecule has 0 radical (unpaired) electrons. The summed E-state index contributed by atoms with van der Waals surface area (Å²) in [6, 6.07) is -0.994. The molecule has 6 nitrogen and oxygen atoms in total. The second-order valence-corrected chi connectivity index (χ2v) is 3.28. The first-order chi connectivity index (χ1) is 7.69. The Hall–Kier alpha value is -1.85. The number of hydrogen-bond acceptors (Lipinski definition) is 4. The molecule has 1 aromatic heterocycles. The zero-order valence-corrected chi connectivity index (χ0v) is 9.34. The van der Waals surface area contributed by atoms with Crippen LogP contribution in [0.3, 0.4) is 0 Å². The lowest BCUT2D eigenvalue weighted by Gasteiger charge is -2.15. The van der Waals surface area contributed by atoms with Crippen LogP contribution in [0.1, 0.15) is 19.8 Å². The Morgan fingerprint density at radius 3 is 2.81 bits per heavy atom. The molecule has 88 valence electrons. The van der Waals surface area contributed by atoms with E-state index < -0.39 is 12.0 Å². The Morgan fingerprint density at radius 1 is 1.56 bits per heavy atom. The average Bonchev–Trinajstić information content (AvgIpc) is 2.80. The maximum absolute atomic E-state index is 11.6. The summed E-state index contributed by atoms with van der Waals surface area (Å²) in [4.78, 5) is 26.7. The van der Waals surface area contributed by atoms with E-state index in [-0.39, 0.29) is 6.03 Å². The summed E-state index contributed by atoms with van der Waals surface area (Å²) in [5, 5.41) is 2.58. The summed E-state index contributed by atoms with van der Waals surface area (Å²) in [5.74, 6) is -0.435. The maximum Gasteiger partial charge on any atom is 0.328 e. The number of carbonyl (C=O) groups excluding carboxylic acids is 2. The number of esters is 1. The van der Waals surface area contributed by atoms with Crippen LogP contribution in [-0.4, -0.2) is 34.7 Å². The van der Waals surface area contributed by atoms with Gasteiger partial charge in [0.15, 0.2) is 0 Å². The zero-order valence-electron chi connectivity index (χ0n) is 9.34. The number of hydrogen-bond donors (Lipinski definition) is 1. The normalized spacial score (nSPS) is 11.9. The van der Waals surface area contributed by atoms with Gasteiger partial charge in [0, 0.05) is 12.4 Å². The molecule has 0 fully saturated rings. The van der Waals surface area contributed by atoms with Crippen molar-refractivity contribution < 1.29 is 14.3 Å². The molecule has 1 atom stereocenters. The molecule has 1 aromatic rings. The van der Waals surface area contributed by atoms with Gasteiger partial charge in [0.25, 0.3) is 0 Å². The molecular formula is C10H15N3O3. The van der Waals surface area contributed by atoms with Gasteiger partial charge in [-0.3, -0.25) is 4.57 Å². The molecule has 16 heavy (non-hydrogen) atoms. The van der Waals surface area contributed by atoms with E-state index in [0.717, 1.165) is 6.42 Å². The van der Waals surface area contributed by atoms with E-state index in [1.807, 2.05) is 6.92 Å². The number of nitrogens with one attached hydrogen (secondary N) is 1. The quantitative estimate of drug-likeness (QED) is 0.768. The molecule has 0 spiro atoms. The number of aromatic nitrogens is 2. The van der Waals surface area contributed by atoms with Gasteiger partial charge in [-0.1, -0.05) is 13.3 Å². The Morgan fingerprint density at radius 2 is 2.31 bits per heavy atom. The van der Waals surface area contributed by atoms with Crippen LogP contribution in [0.15, 0.2) is 18.7 Å². The van der Waals surface area contributed by atoms with Gasteiger partial charge in [-0.05, 0) is 6.42 Å². The van der Waals surface area contributed by atoms with Crippen LogP contribution in [0.2, 0.25) is 0 Å². The van der Waals surface area contributed by atoms with E-state index in [1.54, 1.807) is 0 Å². The van der Waals surface area contributed by atoms with Crippen LogP contribution in [0.5, 0.6) is 0 Å². The van der Waals surface area contributed by atoms with Crippen molar-refractivity contribution in [3.05, 3.63) is 18.7 Å². The Balaban J connectivity index is 2.61. The molecule has 0 aliphatic heterocycles. The maximum atomic E-state index is 11.6. The number of amides is 1. The smallest absolute Gasteiger partial charge is 0.328 e. The van der Waals surface area contributed by atoms with Crippen molar-refractivity contribution in [3.8, 4) is 0 Å². The van der Waals surface area contributed by atoms with Crippen LogP contribution in [0.4, 0.5) is 4.79 Å². The van der Waals surface area contributed by atoms with E-state index in [9.17, 15) is 9.59 Å². The van der Waals surface area contributed by atoms with E-state index >= 15 is 0 Å². The van der Waals surface area contributed by atoms with Gasteiger partial charge in [0.05, 0.1) is 7.11 Å². The third-order valence-electron chi connectivity index (χ3n) is 2.10. The number of methoxy groups -OCH3 is 1. The number of ether oxygens (including phenoxy) is 1. The van der Waals surface area contributed by atoms with Gasteiger partial charge in [-0.15, -0.1) is 0 Å². The fraction of sp³-hybridized carbons (Fsp3) is 0.500. The number of imidazole rings is 1. The first kappa shape index (κ1) is 12.2. The van der Waals surface area contributed by atoms with E-state index in [0.29, 0.717) is 6.42 Å². The molecule has 0 aromatic carbocycles. The first-order valence-corrected chi connectivity index (χ1v) is 5.05. The summed E-state index contributed by atoms with van der Waals surface area (Å²) >= 11 is 0. The minimum Gasteiger partial charge on any atom is -0.467 e. The lowest BCUT2D eigenvalue weighted by atomic mass is 10.2. The molecule has 0 saturated carbocycles. The molecule has 1 rings (SSSR count). The van der Waals surface area contributed by atoms with Gasteiger partial charge in [0.2, 0.25) is 0 Å². The molecule has 6 heteroatoms. The number of nitrogens with zero attached hydrogens (tertiary/aromatic N) is 2. The van der Waals surface area contributed by atoms with Crippen molar-refractivity contribution in [2.45, 2.75) is 25.8 Å². The van der Waals surface area contributed by atoms with E-state index in [1.165, 1.54) is 30.4 Å². The Labute approximate surface area is 93.6 Å². The van der Waals surface area contributed by atoms with E-state index in [4.69, 9.17) is 0 Å². The van der Waals surface area contributed by atoms with Crippen molar-refractivity contribution in [2.75, 3.05) is 7.11 Å². The SMILES string of the molecule is CCC[C@@H](NC(=O)n1ccnc1)C(=O)OC. The van der Waals surface area contributed by atoms with Crippen molar-refractivity contribution in [2.24, 2.45) is 0 Å². The lowest BCUT2D eigenvalue weighted by Crippen LogP contribution is -2.43. The fourth-order valence-corrected chi connectivity index (χ4v) is 1.28. The molecule has 0 bridgehead atoms. The highest BCUT2D eigenvalue weighted by molar-refractivity contribution is 5.84. The Kier molecular flexibility index (Phi) is 4.50. The van der Waals surface area contributed by atoms with Crippen LogP contribution >= 0.6 is 0 Å². The zero-order chi connectivity index (χ0) is 12.0. The highest BCUT2D eigenvalue weighted by Crippen LogP contribution is 2.00. The monoisotopic (exact) mass is 225 g/mol. The summed E-state index contributed by atoms with van der Waals surface area (Å²) < 4.78 is 5.87. The minimum absolute atomic E-state index is 0.388. The van der Waals surface area contributed by atoms with Gasteiger partial charge in [-0.2, -0.15) is 0 Å². The van der Waals surface area contributed by atoms with Crippen LogP contribution in [-0.2, 0) is 9.53 Å². The molecule has 1 heterocycles. The molecule has 0 saturated heterocycles. The third kappa shape index (κ3) is 3.08. The summed E-state index contributed by atoms with van der Waals surface area (Å²) in [6.45, 7) is 1.93. The predicted octanol–water partition coefficient (Wildman–Crippen LogP) is 0.782. The van der Waals surface area contributed by atoms with Gasteiger partial charge >= 0.3 is 12.0 Å². The number of rotatable bonds is 4. The highest BCUT2D eigenvalue weighted by atomic mass is 16.5. The molecule has 0 unspecified atom stereocenters. The van der Waals surface area contributed by atoms with Gasteiger partial charge in [-0.25, -0.2) is 14.6 Å². The van der Waals surface area contributed by atoms with Crippen molar-refractivity contribution >= 4 is 12.0 Å². The molecule has 0 aliphatic rings. The van der Waals surface area contributed by atoms with Crippen LogP contribution in [0.25, 0.3) is 0 Å². The summed E-state index contributed by atoms with van der Waals surface area (Å²) in [6.07, 6.45) is 5.70. The summed E-state index contributed by atoms with van der Waals surface area (Å²) in [5.41, 5.74) is 0. The second-order valence-electron chi connectivity index (χ2n) is 3.28. The van der Waals surface area contributed by atoms with Crippen molar-refractivity contribution in [1.29, 1.82) is 0 Å². The average molecular weight is 225 g/mol. The predicted molar refractivity (Wildman–Crippen MR) is 56.9 cm³/mol. The van der Waals surface area contributed by atoms with Crippen molar-refractivity contribution in [3.63, 3.8) is 0 Å². The minimum atomic E-state index is -0.607. The second kappa shape index (κ2) is 5.89. The molecule has 1 amide bonds. The number of carbonyl (C=O) groups is 2. The Bertz CT molecular complexity index is 348. The fourth-order valence-electron chi connectivity index (χ4n) is 1.28. The molecule has 0 aliphatic carbocycles. The van der Waals surface area contributed by atoms with E-state index in [2.05, 4.69) is 15.0 Å². The van der Waals surface area contributed by atoms with Gasteiger partial charge < -0.3 is 10.1 Å². The van der Waals surface area contributed by atoms with Crippen LogP contribution < -0.4 is 5.32 Å². The van der Waals surface area contributed by atoms with Gasteiger partial charge in [0.1, 0.15) is 12.4 Å². The summed E-state index contributed by atoms with van der Waals surface area (Å²) in [7, 11) is 1.30. The molecule has 1 N–H and O–H groups in total. The highest BCUT2D eigenvalue weighted by Gasteiger charge is 2.20. The van der Waals surface area contributed by atoms with Crippen LogP contribution in [0, 0.1) is 0 Å².